The number of carbonyl (C=O) groups is 1. The van der Waals surface area contributed by atoms with E-state index >= 15 is 0 Å². The van der Waals surface area contributed by atoms with Crippen molar-refractivity contribution in [3.63, 3.8) is 0 Å². The minimum atomic E-state index is -0.200. The first-order chi connectivity index (χ1) is 12.2. The summed E-state index contributed by atoms with van der Waals surface area (Å²) in [6.45, 7) is 4.85. The fourth-order valence-corrected chi connectivity index (χ4v) is 2.56. The molecule has 3 rings (SSSR count). The van der Waals surface area contributed by atoms with E-state index in [0.29, 0.717) is 41.7 Å². The number of benzene rings is 2. The lowest BCUT2D eigenvalue weighted by Gasteiger charge is -2.13. The highest BCUT2D eigenvalue weighted by Crippen LogP contribution is 2.30. The summed E-state index contributed by atoms with van der Waals surface area (Å²) in [5, 5.41) is 7.70. The average Bonchev–Trinajstić information content (AvgIpc) is 3.01. The Balaban J connectivity index is 1.78. The van der Waals surface area contributed by atoms with Crippen molar-refractivity contribution < 1.29 is 18.8 Å². The van der Waals surface area contributed by atoms with Gasteiger partial charge in [-0.3, -0.25) is 4.79 Å². The van der Waals surface area contributed by atoms with Gasteiger partial charge < -0.3 is 19.3 Å². The number of anilines is 1. The smallest absolute Gasteiger partial charge is 0.230 e. The van der Waals surface area contributed by atoms with Crippen molar-refractivity contribution in [2.45, 2.75) is 20.3 Å². The molecule has 2 aromatic carbocycles. The Morgan fingerprint density at radius 2 is 1.92 bits per heavy atom. The Kier molecular flexibility index (Phi) is 5.18. The Hall–Kier alpha value is -3.02. The molecule has 0 bridgehead atoms. The Morgan fingerprint density at radius 3 is 2.72 bits per heavy atom. The number of fused-ring (bicyclic) bond motifs is 1. The van der Waals surface area contributed by atoms with Gasteiger partial charge in [0.2, 0.25) is 5.91 Å². The average molecular weight is 340 g/mol. The Bertz CT molecular complexity index is 873. The molecule has 1 aromatic heterocycles. The van der Waals surface area contributed by atoms with Crippen LogP contribution in [0.2, 0.25) is 0 Å². The molecule has 0 radical (unpaired) electrons. The zero-order valence-corrected chi connectivity index (χ0v) is 14.2. The molecule has 0 spiro atoms. The van der Waals surface area contributed by atoms with Gasteiger partial charge in [-0.05, 0) is 38.1 Å². The molecule has 130 valence electrons. The second-order valence-electron chi connectivity index (χ2n) is 5.37. The van der Waals surface area contributed by atoms with Crippen LogP contribution in [0.15, 0.2) is 47.0 Å². The molecule has 0 aliphatic carbocycles. The fraction of sp³-hybridized carbons (Fsp3) is 0.263. The van der Waals surface area contributed by atoms with Crippen LogP contribution in [0.4, 0.5) is 5.69 Å². The van der Waals surface area contributed by atoms with E-state index in [1.807, 2.05) is 44.2 Å². The molecule has 0 unspecified atom stereocenters. The predicted octanol–water partition coefficient (Wildman–Crippen LogP) is 3.81. The minimum Gasteiger partial charge on any atom is -0.494 e. The lowest BCUT2D eigenvalue weighted by atomic mass is 10.1. The summed E-state index contributed by atoms with van der Waals surface area (Å²) in [5.74, 6) is 1.08. The van der Waals surface area contributed by atoms with Crippen LogP contribution in [-0.4, -0.2) is 24.3 Å². The minimum absolute atomic E-state index is 0.113. The quantitative estimate of drug-likeness (QED) is 0.708. The lowest BCUT2D eigenvalue weighted by molar-refractivity contribution is -0.115. The van der Waals surface area contributed by atoms with Gasteiger partial charge in [0.25, 0.3) is 0 Å². The number of aromatic nitrogens is 1. The van der Waals surface area contributed by atoms with Crippen LogP contribution in [0.25, 0.3) is 11.0 Å². The van der Waals surface area contributed by atoms with Crippen molar-refractivity contribution in [3.8, 4) is 11.5 Å². The number of hydrogen-bond donors (Lipinski definition) is 1. The molecule has 0 fully saturated rings. The molecule has 1 N–H and O–H groups in total. The third-order valence-electron chi connectivity index (χ3n) is 3.62. The summed E-state index contributed by atoms with van der Waals surface area (Å²) in [7, 11) is 0. The summed E-state index contributed by atoms with van der Waals surface area (Å²) >= 11 is 0. The maximum Gasteiger partial charge on any atom is 0.230 e. The number of amides is 1. The third kappa shape index (κ3) is 3.91. The molecular weight excluding hydrogens is 320 g/mol. The zero-order chi connectivity index (χ0) is 17.6. The summed E-state index contributed by atoms with van der Waals surface area (Å²) in [4.78, 5) is 12.5. The van der Waals surface area contributed by atoms with E-state index in [1.54, 1.807) is 12.1 Å². The summed E-state index contributed by atoms with van der Waals surface area (Å²) in [6.07, 6.45) is 0.113. The van der Waals surface area contributed by atoms with Crippen LogP contribution < -0.4 is 14.8 Å². The van der Waals surface area contributed by atoms with E-state index in [2.05, 4.69) is 10.5 Å². The molecular formula is C19H20N2O4. The lowest BCUT2D eigenvalue weighted by Crippen LogP contribution is -2.15. The monoisotopic (exact) mass is 340 g/mol. The number of rotatable bonds is 7. The van der Waals surface area contributed by atoms with Gasteiger partial charge in [-0.1, -0.05) is 17.3 Å². The van der Waals surface area contributed by atoms with Crippen molar-refractivity contribution in [2.24, 2.45) is 0 Å². The number of ether oxygens (including phenoxy) is 2. The third-order valence-corrected chi connectivity index (χ3v) is 3.62. The molecule has 0 atom stereocenters. The van der Waals surface area contributed by atoms with Crippen LogP contribution in [-0.2, 0) is 11.2 Å². The van der Waals surface area contributed by atoms with Crippen LogP contribution in [0.3, 0.4) is 0 Å². The second kappa shape index (κ2) is 7.70. The highest BCUT2D eigenvalue weighted by atomic mass is 16.5. The van der Waals surface area contributed by atoms with Crippen LogP contribution in [0.5, 0.6) is 11.5 Å². The van der Waals surface area contributed by atoms with E-state index in [0.717, 1.165) is 5.39 Å². The predicted molar refractivity (Wildman–Crippen MR) is 95.1 cm³/mol. The van der Waals surface area contributed by atoms with Gasteiger partial charge >= 0.3 is 0 Å². The molecule has 1 heterocycles. The molecule has 0 aliphatic rings. The summed E-state index contributed by atoms with van der Waals surface area (Å²) in [5.41, 5.74) is 1.84. The fourth-order valence-electron chi connectivity index (χ4n) is 2.56. The number of hydrogen-bond acceptors (Lipinski definition) is 5. The van der Waals surface area contributed by atoms with E-state index < -0.39 is 0 Å². The van der Waals surface area contributed by atoms with Gasteiger partial charge in [0, 0.05) is 11.5 Å². The normalized spacial score (nSPS) is 10.6. The highest BCUT2D eigenvalue weighted by molar-refractivity contribution is 5.96. The van der Waals surface area contributed by atoms with E-state index in [4.69, 9.17) is 14.0 Å². The van der Waals surface area contributed by atoms with Gasteiger partial charge in [0.05, 0.1) is 25.3 Å². The molecule has 1 amide bonds. The van der Waals surface area contributed by atoms with Gasteiger partial charge in [0.1, 0.15) is 17.2 Å². The maximum atomic E-state index is 12.5. The highest BCUT2D eigenvalue weighted by Gasteiger charge is 2.14. The number of nitrogens with zero attached hydrogens (tertiary/aromatic N) is 1. The SMILES string of the molecule is CCOc1ccc(OCC)c(NC(=O)Cc2noc3ccccc23)c1. The number of nitrogens with one attached hydrogen (secondary N) is 1. The first kappa shape index (κ1) is 16.8. The Labute approximate surface area is 145 Å². The number of para-hydroxylation sites is 1. The molecule has 0 saturated heterocycles. The first-order valence-corrected chi connectivity index (χ1v) is 8.24. The van der Waals surface area contributed by atoms with Crippen LogP contribution >= 0.6 is 0 Å². The topological polar surface area (TPSA) is 73.6 Å². The molecule has 0 saturated carbocycles. The van der Waals surface area contributed by atoms with Gasteiger partial charge in [0.15, 0.2) is 5.58 Å². The van der Waals surface area contributed by atoms with E-state index in [9.17, 15) is 4.79 Å². The first-order valence-electron chi connectivity index (χ1n) is 8.24. The summed E-state index contributed by atoms with van der Waals surface area (Å²) in [6, 6.07) is 12.8. The van der Waals surface area contributed by atoms with Crippen molar-refractivity contribution in [1.29, 1.82) is 0 Å². The van der Waals surface area contributed by atoms with Crippen molar-refractivity contribution in [2.75, 3.05) is 18.5 Å². The molecule has 6 nitrogen and oxygen atoms in total. The van der Waals surface area contributed by atoms with Crippen LogP contribution in [0.1, 0.15) is 19.5 Å². The Morgan fingerprint density at radius 1 is 1.12 bits per heavy atom. The molecule has 6 heteroatoms. The zero-order valence-electron chi connectivity index (χ0n) is 14.2. The maximum absolute atomic E-state index is 12.5. The number of carbonyl (C=O) groups excluding carboxylic acids is 1. The van der Waals surface area contributed by atoms with Crippen molar-refractivity contribution in [3.05, 3.63) is 48.2 Å². The van der Waals surface area contributed by atoms with Crippen molar-refractivity contribution >= 4 is 22.6 Å². The van der Waals surface area contributed by atoms with E-state index in [-0.39, 0.29) is 12.3 Å². The molecule has 25 heavy (non-hydrogen) atoms. The van der Waals surface area contributed by atoms with Gasteiger partial charge in [-0.2, -0.15) is 0 Å². The van der Waals surface area contributed by atoms with Gasteiger partial charge in [-0.25, -0.2) is 0 Å². The van der Waals surface area contributed by atoms with Crippen LogP contribution in [0, 0.1) is 0 Å². The van der Waals surface area contributed by atoms with Crippen molar-refractivity contribution in [1.82, 2.24) is 5.16 Å². The molecule has 0 aliphatic heterocycles. The second-order valence-corrected chi connectivity index (χ2v) is 5.37. The molecule has 3 aromatic rings. The van der Waals surface area contributed by atoms with Gasteiger partial charge in [-0.15, -0.1) is 0 Å². The summed E-state index contributed by atoms with van der Waals surface area (Å²) < 4.78 is 16.3. The van der Waals surface area contributed by atoms with E-state index in [1.165, 1.54) is 0 Å². The largest absolute Gasteiger partial charge is 0.494 e. The standard InChI is InChI=1S/C19H20N2O4/c1-3-23-13-9-10-18(24-4-2)16(11-13)20-19(22)12-15-14-7-5-6-8-17(14)25-21-15/h5-11H,3-4,12H2,1-2H3,(H,20,22).